The summed E-state index contributed by atoms with van der Waals surface area (Å²) in [4.78, 5) is 53.4. The zero-order chi connectivity index (χ0) is 27.6. The molecule has 1 aliphatic carbocycles. The number of nitrogens with zero attached hydrogens (tertiary/aromatic N) is 1. The van der Waals surface area contributed by atoms with Crippen LogP contribution in [0, 0.1) is 6.92 Å². The highest BCUT2D eigenvalue weighted by Crippen LogP contribution is 2.27. The predicted molar refractivity (Wildman–Crippen MR) is 143 cm³/mol. The zero-order valence-electron chi connectivity index (χ0n) is 23.0. The molecular weight excluding hydrogens is 472 g/mol. The van der Waals surface area contributed by atoms with E-state index < -0.39 is 35.6 Å². The van der Waals surface area contributed by atoms with Gasteiger partial charge in [0.05, 0.1) is 0 Å². The van der Waals surface area contributed by atoms with Crippen LogP contribution in [0.25, 0.3) is 0 Å². The summed E-state index contributed by atoms with van der Waals surface area (Å²) >= 11 is 0. The summed E-state index contributed by atoms with van der Waals surface area (Å²) in [7, 11) is 0. The largest absolute Gasteiger partial charge is 0.444 e. The number of ether oxygens (including phenoxy) is 1. The van der Waals surface area contributed by atoms with E-state index in [1.165, 1.54) is 4.90 Å². The number of aryl methyl sites for hydroxylation is 1. The Balaban J connectivity index is 2.43. The van der Waals surface area contributed by atoms with Crippen LogP contribution in [-0.2, 0) is 19.1 Å². The summed E-state index contributed by atoms with van der Waals surface area (Å²) in [5, 5.41) is 5.80. The van der Waals surface area contributed by atoms with Gasteiger partial charge in [-0.3, -0.25) is 14.4 Å². The number of hydrogen-bond acceptors (Lipinski definition) is 5. The first-order chi connectivity index (χ1) is 17.4. The minimum atomic E-state index is -1.08. The fourth-order valence-electron chi connectivity index (χ4n) is 4.67. The van der Waals surface area contributed by atoms with E-state index in [9.17, 15) is 19.2 Å². The summed E-state index contributed by atoms with van der Waals surface area (Å²) in [5.41, 5.74) is 6.20. The number of benzene rings is 1. The number of nitrogens with two attached hydrogens (primary N) is 1. The molecule has 2 rings (SSSR count). The molecule has 9 heteroatoms. The monoisotopic (exact) mass is 516 g/mol. The third-order valence-electron chi connectivity index (χ3n) is 6.41. The Labute approximate surface area is 220 Å². The van der Waals surface area contributed by atoms with Gasteiger partial charge in [-0.1, -0.05) is 50.5 Å². The fraction of sp³-hybridized carbons (Fsp3) is 0.643. The van der Waals surface area contributed by atoms with E-state index in [0.717, 1.165) is 43.2 Å². The smallest absolute Gasteiger partial charge is 0.408 e. The molecule has 1 aromatic carbocycles. The van der Waals surface area contributed by atoms with Crippen molar-refractivity contribution in [2.45, 2.75) is 110 Å². The van der Waals surface area contributed by atoms with Crippen LogP contribution in [0.5, 0.6) is 0 Å². The summed E-state index contributed by atoms with van der Waals surface area (Å²) < 4.78 is 5.36. The van der Waals surface area contributed by atoms with E-state index >= 15 is 0 Å². The lowest BCUT2D eigenvalue weighted by Gasteiger charge is -2.36. The van der Waals surface area contributed by atoms with Crippen molar-refractivity contribution < 1.29 is 23.9 Å². The number of carbonyl (C=O) groups is 4. The van der Waals surface area contributed by atoms with Crippen LogP contribution < -0.4 is 16.4 Å². The highest BCUT2D eigenvalue weighted by atomic mass is 16.6. The number of alkyl carbamates (subject to hydrolysis) is 1. The Morgan fingerprint density at radius 1 is 1.11 bits per heavy atom. The fourth-order valence-corrected chi connectivity index (χ4v) is 4.67. The van der Waals surface area contributed by atoms with Crippen molar-refractivity contribution in [3.63, 3.8) is 0 Å². The zero-order valence-corrected chi connectivity index (χ0v) is 23.0. The summed E-state index contributed by atoms with van der Waals surface area (Å²) in [6.45, 7) is 9.29. The third kappa shape index (κ3) is 9.70. The van der Waals surface area contributed by atoms with Crippen molar-refractivity contribution >= 4 is 23.8 Å². The molecule has 0 saturated heterocycles. The maximum absolute atomic E-state index is 14.0. The maximum atomic E-state index is 14.0. The van der Waals surface area contributed by atoms with Gasteiger partial charge in [-0.2, -0.15) is 0 Å². The molecule has 1 saturated carbocycles. The molecule has 0 bridgehead atoms. The van der Waals surface area contributed by atoms with Crippen LogP contribution in [0.2, 0.25) is 0 Å². The molecule has 4 amide bonds. The van der Waals surface area contributed by atoms with E-state index in [1.54, 1.807) is 20.8 Å². The quantitative estimate of drug-likeness (QED) is 0.411. The van der Waals surface area contributed by atoms with Gasteiger partial charge in [0, 0.05) is 19.0 Å². The molecule has 0 radical (unpaired) electrons. The summed E-state index contributed by atoms with van der Waals surface area (Å²) in [6, 6.07) is 5.61. The summed E-state index contributed by atoms with van der Waals surface area (Å²) in [5.74, 6) is -1.29. The number of hydrogen-bond donors (Lipinski definition) is 3. The van der Waals surface area contributed by atoms with Crippen molar-refractivity contribution in [3.8, 4) is 0 Å². The van der Waals surface area contributed by atoms with E-state index in [1.807, 2.05) is 38.1 Å². The molecule has 206 valence electrons. The third-order valence-corrected chi connectivity index (χ3v) is 6.41. The molecule has 0 aromatic heterocycles. The lowest BCUT2D eigenvalue weighted by atomic mass is 9.93. The average molecular weight is 517 g/mol. The second-order valence-electron chi connectivity index (χ2n) is 10.8. The Morgan fingerprint density at radius 3 is 2.32 bits per heavy atom. The number of nitrogens with one attached hydrogen (secondary N) is 2. The molecule has 0 heterocycles. The minimum Gasteiger partial charge on any atom is -0.444 e. The van der Waals surface area contributed by atoms with Gasteiger partial charge < -0.3 is 26.0 Å². The predicted octanol–water partition coefficient (Wildman–Crippen LogP) is 3.88. The van der Waals surface area contributed by atoms with Gasteiger partial charge in [0.15, 0.2) is 0 Å². The highest BCUT2D eigenvalue weighted by molar-refractivity contribution is 5.92. The molecule has 2 unspecified atom stereocenters. The second-order valence-corrected chi connectivity index (χ2v) is 10.8. The van der Waals surface area contributed by atoms with Gasteiger partial charge in [0.1, 0.15) is 17.7 Å². The van der Waals surface area contributed by atoms with Crippen molar-refractivity contribution in [3.05, 3.63) is 35.4 Å². The molecule has 1 fully saturated rings. The van der Waals surface area contributed by atoms with Crippen molar-refractivity contribution in [1.82, 2.24) is 15.5 Å². The lowest BCUT2D eigenvalue weighted by molar-refractivity contribution is -0.143. The van der Waals surface area contributed by atoms with Crippen LogP contribution >= 0.6 is 0 Å². The van der Waals surface area contributed by atoms with Gasteiger partial charge in [-0.25, -0.2) is 4.79 Å². The van der Waals surface area contributed by atoms with Gasteiger partial charge in [0.25, 0.3) is 0 Å². The Kier molecular flexibility index (Phi) is 11.4. The normalized spacial score (nSPS) is 15.8. The number of primary amides is 1. The van der Waals surface area contributed by atoms with Crippen molar-refractivity contribution in [2.24, 2.45) is 5.73 Å². The van der Waals surface area contributed by atoms with Crippen LogP contribution in [0.1, 0.15) is 96.2 Å². The van der Waals surface area contributed by atoms with E-state index in [-0.39, 0.29) is 24.8 Å². The molecular formula is C28H44N4O5. The minimum absolute atomic E-state index is 0.00163. The molecule has 0 aliphatic heterocycles. The van der Waals surface area contributed by atoms with Crippen LogP contribution in [0.3, 0.4) is 0 Å². The van der Waals surface area contributed by atoms with E-state index in [4.69, 9.17) is 10.5 Å². The van der Waals surface area contributed by atoms with Gasteiger partial charge >= 0.3 is 6.09 Å². The molecule has 2 atom stereocenters. The molecule has 0 spiro atoms. The van der Waals surface area contributed by atoms with Gasteiger partial charge in [0.2, 0.25) is 17.7 Å². The first-order valence-electron chi connectivity index (χ1n) is 13.4. The van der Waals surface area contributed by atoms with Crippen LogP contribution in [0.15, 0.2) is 24.3 Å². The molecule has 1 aromatic rings. The Hall–Kier alpha value is -3.10. The number of amides is 4. The van der Waals surface area contributed by atoms with Gasteiger partial charge in [-0.15, -0.1) is 0 Å². The SMILES string of the molecule is CCCN(C(=O)C(CCC(N)=O)NC(=O)OC(C)(C)C)C(C(=O)NC1CCCCC1)c1ccccc1C. The maximum Gasteiger partial charge on any atom is 0.408 e. The van der Waals surface area contributed by atoms with Crippen molar-refractivity contribution in [2.75, 3.05) is 6.54 Å². The first kappa shape index (κ1) is 30.1. The van der Waals surface area contributed by atoms with Gasteiger partial charge in [-0.05, 0) is 64.5 Å². The van der Waals surface area contributed by atoms with Crippen LogP contribution in [0.4, 0.5) is 4.79 Å². The lowest BCUT2D eigenvalue weighted by Crippen LogP contribution is -2.54. The second kappa shape index (κ2) is 14.0. The van der Waals surface area contributed by atoms with E-state index in [0.29, 0.717) is 13.0 Å². The van der Waals surface area contributed by atoms with E-state index in [2.05, 4.69) is 10.6 Å². The standard InChI is InChI=1S/C28H44N4O5/c1-6-18-32(26(35)22(16-17-23(29)33)31-27(36)37-28(3,4)5)24(21-15-11-10-12-19(21)2)25(34)30-20-13-8-7-9-14-20/h10-12,15,20,22,24H,6-9,13-14,16-18H2,1-5H3,(H2,29,33)(H,30,34)(H,31,36). The molecule has 4 N–H and O–H groups in total. The molecule has 37 heavy (non-hydrogen) atoms. The first-order valence-corrected chi connectivity index (χ1v) is 13.4. The summed E-state index contributed by atoms with van der Waals surface area (Å²) in [6.07, 6.45) is 4.83. The Bertz CT molecular complexity index is 937. The number of rotatable bonds is 11. The molecule has 9 nitrogen and oxygen atoms in total. The number of carbonyl (C=O) groups excluding carboxylic acids is 4. The van der Waals surface area contributed by atoms with Crippen LogP contribution in [-0.4, -0.2) is 52.9 Å². The topological polar surface area (TPSA) is 131 Å². The highest BCUT2D eigenvalue weighted by Gasteiger charge is 2.37. The molecule has 1 aliphatic rings. The average Bonchev–Trinajstić information content (AvgIpc) is 2.81. The van der Waals surface area contributed by atoms with Crippen molar-refractivity contribution in [1.29, 1.82) is 0 Å². The Morgan fingerprint density at radius 2 is 1.76 bits per heavy atom.